The van der Waals surface area contributed by atoms with Gasteiger partial charge in [-0.25, -0.2) is 4.39 Å². The molecule has 4 fully saturated rings. The number of allylic oxidation sites excluding steroid dienone is 4. The highest BCUT2D eigenvalue weighted by Gasteiger charge is 2.42. The average molecular weight is 704 g/mol. The van der Waals surface area contributed by atoms with E-state index in [9.17, 15) is 9.50 Å². The van der Waals surface area contributed by atoms with E-state index in [2.05, 4.69) is 16.3 Å². The maximum Gasteiger partial charge on any atom is 0.318 e. The number of halogens is 2. The van der Waals surface area contributed by atoms with Crippen LogP contribution >= 0.6 is 0 Å². The number of piperidine rings is 2. The molecule has 0 saturated carbocycles. The van der Waals surface area contributed by atoms with Crippen LogP contribution in [0, 0.1) is 11.2 Å². The molecule has 10 heteroatoms. The molecular weight excluding hydrogens is 648 g/mol. The van der Waals surface area contributed by atoms with Gasteiger partial charge in [-0.1, -0.05) is 46.8 Å². The minimum Gasteiger partial charge on any atom is -0.508 e. The van der Waals surface area contributed by atoms with Crippen molar-refractivity contribution in [2.24, 2.45) is 10.4 Å². The number of aromatic hydroxyl groups is 1. The normalized spacial score (nSPS) is 22.0. The number of anilines is 1. The van der Waals surface area contributed by atoms with Crippen molar-refractivity contribution in [3.05, 3.63) is 58.5 Å². The second-order valence-corrected chi connectivity index (χ2v) is 13.7. The Bertz CT molecular complexity index is 1820. The zero-order valence-electron chi connectivity index (χ0n) is 31.8. The summed E-state index contributed by atoms with van der Waals surface area (Å²) < 4.78 is 41.0. The molecule has 4 saturated heterocycles. The second-order valence-electron chi connectivity index (χ2n) is 13.7. The number of piperazine rings is 1. The summed E-state index contributed by atoms with van der Waals surface area (Å²) in [6.45, 7) is 19.8. The van der Waals surface area contributed by atoms with Crippen LogP contribution in [0.4, 0.5) is 14.6 Å². The number of rotatable bonds is 8. The number of nitrogens with one attached hydrogen (secondary N) is 1. The summed E-state index contributed by atoms with van der Waals surface area (Å²) in [6.07, 6.45) is 4.69. The van der Waals surface area contributed by atoms with Gasteiger partial charge in [0, 0.05) is 42.4 Å². The van der Waals surface area contributed by atoms with E-state index in [4.69, 9.17) is 24.4 Å². The first-order chi connectivity index (χ1) is 24.7. The van der Waals surface area contributed by atoms with E-state index >= 15 is 4.39 Å². The molecule has 0 amide bonds. The van der Waals surface area contributed by atoms with E-state index in [0.717, 1.165) is 70.5 Å². The maximum absolute atomic E-state index is 15.4. The van der Waals surface area contributed by atoms with Crippen LogP contribution in [0.1, 0.15) is 97.5 Å². The molecule has 5 aliphatic rings. The molecule has 1 aliphatic carbocycles. The van der Waals surface area contributed by atoms with E-state index in [1.165, 1.54) is 6.07 Å². The molecular formula is C41H55F2N5O3. The number of benzene rings is 2. The van der Waals surface area contributed by atoms with Crippen molar-refractivity contribution in [2.45, 2.75) is 99.7 Å². The molecule has 8 nitrogen and oxygen atoms in total. The number of phenolic OH excluding ortho intramolecular Hbond substituents is 1. The van der Waals surface area contributed by atoms with E-state index in [1.54, 1.807) is 18.2 Å². The predicted molar refractivity (Wildman–Crippen MR) is 205 cm³/mol. The average Bonchev–Trinajstić information content (AvgIpc) is 3.13. The Morgan fingerprint density at radius 3 is 2.45 bits per heavy atom. The number of ether oxygens (including phenoxy) is 2. The van der Waals surface area contributed by atoms with Crippen molar-refractivity contribution in [3.8, 4) is 11.8 Å². The maximum atomic E-state index is 15.4. The van der Waals surface area contributed by atoms with Gasteiger partial charge < -0.3 is 24.8 Å². The lowest BCUT2D eigenvalue weighted by Crippen LogP contribution is -2.61. The summed E-state index contributed by atoms with van der Waals surface area (Å²) in [5.41, 5.74) is 5.40. The number of alkyl halides is 1. The monoisotopic (exact) mass is 703 g/mol. The number of aromatic nitrogens is 2. The van der Waals surface area contributed by atoms with Gasteiger partial charge in [-0.15, -0.1) is 0 Å². The van der Waals surface area contributed by atoms with Gasteiger partial charge in [0.15, 0.2) is 0 Å². The van der Waals surface area contributed by atoms with Crippen LogP contribution in [0.3, 0.4) is 0 Å². The molecule has 51 heavy (non-hydrogen) atoms. The van der Waals surface area contributed by atoms with Crippen LogP contribution in [0.25, 0.3) is 27.5 Å². The number of hydrogen-bond donors (Lipinski definition) is 2. The minimum atomic E-state index is -0.698. The third kappa shape index (κ3) is 7.14. The van der Waals surface area contributed by atoms with Crippen molar-refractivity contribution < 1.29 is 23.4 Å². The van der Waals surface area contributed by atoms with Gasteiger partial charge in [0.25, 0.3) is 0 Å². The highest BCUT2D eigenvalue weighted by Crippen LogP contribution is 2.48. The molecule has 2 unspecified atom stereocenters. The van der Waals surface area contributed by atoms with Gasteiger partial charge in [-0.2, -0.15) is 9.97 Å². The molecule has 3 aromatic rings. The first-order valence-corrected chi connectivity index (χ1v) is 18.8. The lowest BCUT2D eigenvalue weighted by molar-refractivity contribution is -0.142. The Labute approximate surface area is 302 Å². The lowest BCUT2D eigenvalue weighted by Gasteiger charge is -2.47. The lowest BCUT2D eigenvalue weighted by atomic mass is 9.78. The van der Waals surface area contributed by atoms with Crippen LogP contribution in [0.15, 0.2) is 35.3 Å². The molecule has 8 rings (SSSR count). The number of hydrogen-bond acceptors (Lipinski definition) is 8. The molecule has 5 heterocycles. The number of phenols is 1. The molecule has 276 valence electrons. The zero-order valence-corrected chi connectivity index (χ0v) is 31.8. The third-order valence-electron chi connectivity index (χ3n) is 10.0. The molecule has 2 aromatic carbocycles. The SMILES string of the molecule is C/C=C1\C(=NC(C)C)C(c2cc(O)cc3ccc(F)c(CC)c23)=C(C)c2nc(OCC3(CF)COC3)nc(N3CC4CCC3CN4)c21.CC.CC. The summed E-state index contributed by atoms with van der Waals surface area (Å²) in [4.78, 5) is 17.7. The van der Waals surface area contributed by atoms with Crippen LogP contribution in [0.5, 0.6) is 11.8 Å². The van der Waals surface area contributed by atoms with Crippen LogP contribution in [0.2, 0.25) is 0 Å². The fourth-order valence-electron chi connectivity index (χ4n) is 7.59. The fraction of sp³-hybridized carbons (Fsp3) is 0.537. The van der Waals surface area contributed by atoms with Crippen molar-refractivity contribution in [1.82, 2.24) is 15.3 Å². The largest absolute Gasteiger partial charge is 0.508 e. The van der Waals surface area contributed by atoms with E-state index < -0.39 is 12.1 Å². The first-order valence-electron chi connectivity index (χ1n) is 18.8. The molecule has 2 N–H and O–H groups in total. The Hall–Kier alpha value is -3.89. The third-order valence-corrected chi connectivity index (χ3v) is 10.0. The summed E-state index contributed by atoms with van der Waals surface area (Å²) in [5, 5.41) is 16.1. The van der Waals surface area contributed by atoms with Crippen molar-refractivity contribution in [1.29, 1.82) is 0 Å². The second kappa shape index (κ2) is 16.2. The summed E-state index contributed by atoms with van der Waals surface area (Å²) in [7, 11) is 0. The molecule has 0 radical (unpaired) electrons. The fourth-order valence-corrected chi connectivity index (χ4v) is 7.59. The Balaban J connectivity index is 0.00000122. The number of aliphatic imine (C=N–C) groups is 1. The standard InChI is InChI=1S/C37H43F2N5O3.2C2H6/c1-6-26-29(39)11-8-22-12-25(45)13-28(31(22)26)30-21(5)33-32(27(7-2)34(30)41-20(3)4)35(44-15-23-9-10-24(44)14-40-23)43-36(42-33)47-19-37(16-38)17-46-18-37;2*1-2/h7-8,11-13,20,23-24,40,45H,6,9-10,14-19H2,1-5H3;2*1-2H3/b27-7-,41-34?;;. The summed E-state index contributed by atoms with van der Waals surface area (Å²) in [6, 6.07) is 7.30. The Morgan fingerprint density at radius 2 is 1.90 bits per heavy atom. The van der Waals surface area contributed by atoms with Crippen LogP contribution in [-0.4, -0.2) is 78.5 Å². The van der Waals surface area contributed by atoms with Gasteiger partial charge in [0.05, 0.1) is 35.6 Å². The number of aryl methyl sites for hydroxylation is 1. The molecule has 2 atom stereocenters. The van der Waals surface area contributed by atoms with Crippen LogP contribution < -0.4 is 15.0 Å². The minimum absolute atomic E-state index is 0.0565. The number of fused-ring (bicyclic) bond motifs is 5. The number of nitrogens with zero attached hydrogens (tertiary/aromatic N) is 4. The Morgan fingerprint density at radius 1 is 1.16 bits per heavy atom. The van der Waals surface area contributed by atoms with Crippen molar-refractivity contribution >= 4 is 39.0 Å². The van der Waals surface area contributed by atoms with Gasteiger partial charge in [-0.3, -0.25) is 9.38 Å². The Kier molecular flexibility index (Phi) is 12.2. The predicted octanol–water partition coefficient (Wildman–Crippen LogP) is 8.59. The smallest absolute Gasteiger partial charge is 0.318 e. The molecule has 0 spiro atoms. The van der Waals surface area contributed by atoms with Gasteiger partial charge in [0.2, 0.25) is 0 Å². The summed E-state index contributed by atoms with van der Waals surface area (Å²) >= 11 is 0. The van der Waals surface area contributed by atoms with Crippen molar-refractivity contribution in [3.63, 3.8) is 0 Å². The van der Waals surface area contributed by atoms with Gasteiger partial charge >= 0.3 is 6.01 Å². The van der Waals surface area contributed by atoms with Crippen LogP contribution in [-0.2, 0) is 11.2 Å². The van der Waals surface area contributed by atoms with E-state index in [0.29, 0.717) is 42.5 Å². The van der Waals surface area contributed by atoms with Crippen molar-refractivity contribution in [2.75, 3.05) is 44.5 Å². The molecule has 2 bridgehead atoms. The summed E-state index contributed by atoms with van der Waals surface area (Å²) in [5.74, 6) is 0.580. The molecule has 1 aromatic heterocycles. The quantitative estimate of drug-likeness (QED) is 0.243. The highest BCUT2D eigenvalue weighted by molar-refractivity contribution is 6.51. The zero-order chi connectivity index (χ0) is 37.0. The first kappa shape index (κ1) is 38.3. The highest BCUT2D eigenvalue weighted by atomic mass is 19.1. The van der Waals surface area contributed by atoms with E-state index in [1.807, 2.05) is 62.3 Å². The topological polar surface area (TPSA) is 92.1 Å². The van der Waals surface area contributed by atoms with E-state index in [-0.39, 0.29) is 36.3 Å². The van der Waals surface area contributed by atoms with Gasteiger partial charge in [0.1, 0.15) is 30.7 Å². The van der Waals surface area contributed by atoms with Gasteiger partial charge in [-0.05, 0) is 92.6 Å². The molecule has 4 aliphatic heterocycles.